The van der Waals surface area contributed by atoms with Gasteiger partial charge in [-0.3, -0.25) is 9.59 Å². The second kappa shape index (κ2) is 8.17. The van der Waals surface area contributed by atoms with E-state index in [0.717, 1.165) is 31.5 Å². The first-order chi connectivity index (χ1) is 12.1. The van der Waals surface area contributed by atoms with Crippen molar-refractivity contribution in [1.82, 2.24) is 10.2 Å². The third-order valence-electron chi connectivity index (χ3n) is 4.41. The maximum Gasteiger partial charge on any atom is 0.253 e. The number of hydrogen-bond acceptors (Lipinski definition) is 2. The fraction of sp³-hybridized carbons (Fsp3) is 0.300. The minimum absolute atomic E-state index is 0.000420. The fourth-order valence-corrected chi connectivity index (χ4v) is 3.19. The van der Waals surface area contributed by atoms with Crippen LogP contribution in [0.5, 0.6) is 0 Å². The summed E-state index contributed by atoms with van der Waals surface area (Å²) in [6.45, 7) is 1.94. The lowest BCUT2D eigenvalue weighted by Crippen LogP contribution is -2.35. The Labute approximate surface area is 152 Å². The molecule has 5 heteroatoms. The normalized spacial score (nSPS) is 14.2. The Morgan fingerprint density at radius 3 is 2.44 bits per heavy atom. The van der Waals surface area contributed by atoms with Crippen molar-refractivity contribution in [2.24, 2.45) is 0 Å². The van der Waals surface area contributed by atoms with Gasteiger partial charge in [0.1, 0.15) is 0 Å². The number of nitrogens with one attached hydrogen (secondary N) is 1. The Balaban J connectivity index is 1.67. The van der Waals surface area contributed by atoms with Gasteiger partial charge in [0.2, 0.25) is 0 Å². The molecule has 0 unspecified atom stereocenters. The molecule has 1 saturated heterocycles. The Hall–Kier alpha value is -2.33. The molecule has 0 aromatic heterocycles. The molecule has 0 spiro atoms. The molecule has 130 valence electrons. The van der Waals surface area contributed by atoms with Crippen molar-refractivity contribution in [2.75, 3.05) is 13.1 Å². The summed E-state index contributed by atoms with van der Waals surface area (Å²) in [6, 6.07) is 14.3. The van der Waals surface area contributed by atoms with Gasteiger partial charge in [-0.2, -0.15) is 0 Å². The number of nitrogens with zero attached hydrogens (tertiary/aromatic N) is 1. The molecule has 1 heterocycles. The van der Waals surface area contributed by atoms with Gasteiger partial charge in [-0.05, 0) is 49.1 Å². The topological polar surface area (TPSA) is 49.4 Å². The first kappa shape index (κ1) is 17.5. The molecule has 1 fully saturated rings. The highest BCUT2D eigenvalue weighted by Gasteiger charge is 2.19. The number of rotatable bonds is 4. The standard InChI is InChI=1S/C20H21ClN2O2/c21-18-10-3-2-7-17(18)14-22-19(24)15-8-6-9-16(13-15)20(25)23-11-4-1-5-12-23/h2-3,6-10,13H,1,4-5,11-12,14H2,(H,22,24). The second-order valence-electron chi connectivity index (χ2n) is 6.21. The molecule has 3 rings (SSSR count). The number of carbonyl (C=O) groups excluding carboxylic acids is 2. The predicted molar refractivity (Wildman–Crippen MR) is 98.8 cm³/mol. The van der Waals surface area contributed by atoms with E-state index in [1.165, 1.54) is 6.42 Å². The van der Waals surface area contributed by atoms with E-state index >= 15 is 0 Å². The maximum atomic E-state index is 12.6. The molecule has 0 radical (unpaired) electrons. The van der Waals surface area contributed by atoms with Gasteiger partial charge in [-0.15, -0.1) is 0 Å². The van der Waals surface area contributed by atoms with Crippen molar-refractivity contribution >= 4 is 23.4 Å². The number of piperidine rings is 1. The molecular weight excluding hydrogens is 336 g/mol. The molecule has 1 N–H and O–H groups in total. The SMILES string of the molecule is O=C(NCc1ccccc1Cl)c1cccc(C(=O)N2CCCCC2)c1. The van der Waals surface area contributed by atoms with Crippen molar-refractivity contribution in [1.29, 1.82) is 0 Å². The largest absolute Gasteiger partial charge is 0.348 e. The average molecular weight is 357 g/mol. The van der Waals surface area contributed by atoms with Crippen LogP contribution in [0.1, 0.15) is 45.5 Å². The molecular formula is C20H21ClN2O2. The van der Waals surface area contributed by atoms with Gasteiger partial charge in [-0.1, -0.05) is 35.9 Å². The molecule has 0 atom stereocenters. The first-order valence-corrected chi connectivity index (χ1v) is 8.94. The zero-order chi connectivity index (χ0) is 17.6. The molecule has 4 nitrogen and oxygen atoms in total. The van der Waals surface area contributed by atoms with Gasteiger partial charge in [0.05, 0.1) is 0 Å². The van der Waals surface area contributed by atoms with Crippen molar-refractivity contribution in [3.05, 3.63) is 70.2 Å². The highest BCUT2D eigenvalue weighted by atomic mass is 35.5. The van der Waals surface area contributed by atoms with Crippen LogP contribution in [0.4, 0.5) is 0 Å². The van der Waals surface area contributed by atoms with Crippen molar-refractivity contribution in [3.8, 4) is 0 Å². The van der Waals surface area contributed by atoms with Crippen LogP contribution in [-0.2, 0) is 6.54 Å². The van der Waals surface area contributed by atoms with E-state index in [0.29, 0.717) is 22.7 Å². The van der Waals surface area contributed by atoms with Crippen LogP contribution in [-0.4, -0.2) is 29.8 Å². The number of benzene rings is 2. The zero-order valence-electron chi connectivity index (χ0n) is 14.0. The minimum atomic E-state index is -0.215. The molecule has 0 aliphatic carbocycles. The molecule has 1 aliphatic heterocycles. The number of amides is 2. The summed E-state index contributed by atoms with van der Waals surface area (Å²) in [5.74, 6) is -0.214. The molecule has 25 heavy (non-hydrogen) atoms. The average Bonchev–Trinajstić information content (AvgIpc) is 2.67. The smallest absolute Gasteiger partial charge is 0.253 e. The van der Waals surface area contributed by atoms with Gasteiger partial charge >= 0.3 is 0 Å². The maximum absolute atomic E-state index is 12.6. The Bertz CT molecular complexity index is 770. The molecule has 0 saturated carbocycles. The van der Waals surface area contributed by atoms with Crippen LogP contribution in [0.3, 0.4) is 0 Å². The van der Waals surface area contributed by atoms with Crippen LogP contribution in [0.2, 0.25) is 5.02 Å². The summed E-state index contributed by atoms with van der Waals surface area (Å²) < 4.78 is 0. The van der Waals surface area contributed by atoms with E-state index in [-0.39, 0.29) is 11.8 Å². The van der Waals surface area contributed by atoms with Crippen molar-refractivity contribution in [2.45, 2.75) is 25.8 Å². The van der Waals surface area contributed by atoms with E-state index in [9.17, 15) is 9.59 Å². The van der Waals surface area contributed by atoms with Gasteiger partial charge in [0.15, 0.2) is 0 Å². The van der Waals surface area contributed by atoms with Gasteiger partial charge < -0.3 is 10.2 Å². The van der Waals surface area contributed by atoms with Gasteiger partial charge in [-0.25, -0.2) is 0 Å². The van der Waals surface area contributed by atoms with Crippen molar-refractivity contribution < 1.29 is 9.59 Å². The van der Waals surface area contributed by atoms with Crippen LogP contribution in [0.25, 0.3) is 0 Å². The van der Waals surface area contributed by atoms with E-state index in [4.69, 9.17) is 11.6 Å². The molecule has 2 aromatic carbocycles. The summed E-state index contributed by atoms with van der Waals surface area (Å²) in [6.07, 6.45) is 3.27. The van der Waals surface area contributed by atoms with Gasteiger partial charge in [0, 0.05) is 35.8 Å². The Morgan fingerprint density at radius 2 is 1.68 bits per heavy atom. The predicted octanol–water partition coefficient (Wildman–Crippen LogP) is 3.90. The third kappa shape index (κ3) is 4.40. The van der Waals surface area contributed by atoms with Crippen molar-refractivity contribution in [3.63, 3.8) is 0 Å². The molecule has 1 aliphatic rings. The van der Waals surface area contributed by atoms with Crippen LogP contribution in [0, 0.1) is 0 Å². The van der Waals surface area contributed by atoms with E-state index < -0.39 is 0 Å². The monoisotopic (exact) mass is 356 g/mol. The minimum Gasteiger partial charge on any atom is -0.348 e. The zero-order valence-corrected chi connectivity index (χ0v) is 14.8. The number of halogens is 1. The molecule has 2 aromatic rings. The summed E-state index contributed by atoms with van der Waals surface area (Å²) in [5, 5.41) is 3.48. The first-order valence-electron chi connectivity index (χ1n) is 8.56. The highest BCUT2D eigenvalue weighted by Crippen LogP contribution is 2.16. The van der Waals surface area contributed by atoms with Gasteiger partial charge in [0.25, 0.3) is 11.8 Å². The summed E-state index contributed by atoms with van der Waals surface area (Å²) in [4.78, 5) is 26.8. The lowest BCUT2D eigenvalue weighted by Gasteiger charge is -2.26. The Kier molecular flexibility index (Phi) is 5.71. The fourth-order valence-electron chi connectivity index (χ4n) is 2.99. The van der Waals surface area contributed by atoms with Crippen LogP contribution in [0.15, 0.2) is 48.5 Å². The van der Waals surface area contributed by atoms with E-state index in [2.05, 4.69) is 5.32 Å². The summed E-state index contributed by atoms with van der Waals surface area (Å²) in [5.41, 5.74) is 1.90. The lowest BCUT2D eigenvalue weighted by atomic mass is 10.1. The Morgan fingerprint density at radius 1 is 0.960 bits per heavy atom. The number of likely N-dealkylation sites (tertiary alicyclic amines) is 1. The molecule has 0 bridgehead atoms. The summed E-state index contributed by atoms with van der Waals surface area (Å²) >= 11 is 6.11. The quantitative estimate of drug-likeness (QED) is 0.903. The van der Waals surface area contributed by atoms with Crippen LogP contribution >= 0.6 is 11.6 Å². The lowest BCUT2D eigenvalue weighted by molar-refractivity contribution is 0.0724. The van der Waals surface area contributed by atoms with E-state index in [1.54, 1.807) is 30.3 Å². The highest BCUT2D eigenvalue weighted by molar-refractivity contribution is 6.31. The molecule has 2 amide bonds. The summed E-state index contributed by atoms with van der Waals surface area (Å²) in [7, 11) is 0. The van der Waals surface area contributed by atoms with Crippen LogP contribution < -0.4 is 5.32 Å². The third-order valence-corrected chi connectivity index (χ3v) is 4.78. The second-order valence-corrected chi connectivity index (χ2v) is 6.61. The van der Waals surface area contributed by atoms with E-state index in [1.807, 2.05) is 23.1 Å². The number of hydrogen-bond donors (Lipinski definition) is 1. The number of carbonyl (C=O) groups is 2.